The van der Waals surface area contributed by atoms with Crippen molar-refractivity contribution in [1.82, 2.24) is 0 Å². The van der Waals surface area contributed by atoms with Crippen LogP contribution in [0.1, 0.15) is 21.1 Å². The SMILES string of the molecule is O=C(O[C@H]1CO[C@@H]2[C@@H]1OC[C@H]2OC(=O)c1ccco1)c1ccco1. The van der Waals surface area contributed by atoms with Crippen molar-refractivity contribution in [2.45, 2.75) is 24.4 Å². The van der Waals surface area contributed by atoms with E-state index in [1.54, 1.807) is 12.1 Å². The summed E-state index contributed by atoms with van der Waals surface area (Å²) in [6.07, 6.45) is 0.637. The van der Waals surface area contributed by atoms with Crippen molar-refractivity contribution < 1.29 is 37.4 Å². The van der Waals surface area contributed by atoms with E-state index >= 15 is 0 Å². The fourth-order valence-electron chi connectivity index (χ4n) is 2.81. The number of carbonyl (C=O) groups excluding carboxylic acids is 2. The molecule has 2 saturated heterocycles. The predicted molar refractivity (Wildman–Crippen MR) is 75.3 cm³/mol. The molecule has 0 bridgehead atoms. The molecule has 2 aromatic heterocycles. The lowest BCUT2D eigenvalue weighted by molar-refractivity contribution is -0.0307. The van der Waals surface area contributed by atoms with Crippen molar-refractivity contribution in [2.75, 3.05) is 13.2 Å². The zero-order valence-corrected chi connectivity index (χ0v) is 12.5. The van der Waals surface area contributed by atoms with E-state index in [0.29, 0.717) is 0 Å². The summed E-state index contributed by atoms with van der Waals surface area (Å²) < 4.78 is 31.9. The Kier molecular flexibility index (Phi) is 3.83. The number of furan rings is 2. The molecule has 126 valence electrons. The van der Waals surface area contributed by atoms with Gasteiger partial charge in [0.2, 0.25) is 11.5 Å². The van der Waals surface area contributed by atoms with Gasteiger partial charge < -0.3 is 27.8 Å². The van der Waals surface area contributed by atoms with Gasteiger partial charge in [0.1, 0.15) is 12.2 Å². The second-order valence-corrected chi connectivity index (χ2v) is 5.44. The van der Waals surface area contributed by atoms with Crippen LogP contribution in [0, 0.1) is 0 Å². The number of ether oxygens (including phenoxy) is 4. The molecule has 2 aromatic rings. The maximum Gasteiger partial charge on any atom is 0.374 e. The van der Waals surface area contributed by atoms with Crippen LogP contribution in [0.15, 0.2) is 45.6 Å². The molecule has 0 amide bonds. The maximum atomic E-state index is 11.9. The van der Waals surface area contributed by atoms with E-state index in [1.807, 2.05) is 0 Å². The van der Waals surface area contributed by atoms with Crippen molar-refractivity contribution in [3.05, 3.63) is 48.3 Å². The molecule has 2 fully saturated rings. The Bertz CT molecular complexity index is 642. The highest BCUT2D eigenvalue weighted by atomic mass is 16.7. The third kappa shape index (κ3) is 2.70. The molecule has 2 aliphatic rings. The largest absolute Gasteiger partial charge is 0.457 e. The lowest BCUT2D eigenvalue weighted by atomic mass is 10.1. The molecule has 0 radical (unpaired) electrons. The zero-order valence-electron chi connectivity index (χ0n) is 12.5. The normalized spacial score (nSPS) is 28.5. The Hall–Kier alpha value is -2.58. The molecule has 0 spiro atoms. The van der Waals surface area contributed by atoms with Gasteiger partial charge in [-0.2, -0.15) is 0 Å². The van der Waals surface area contributed by atoms with Gasteiger partial charge in [0.25, 0.3) is 0 Å². The molecule has 0 unspecified atom stereocenters. The molecule has 0 aromatic carbocycles. The van der Waals surface area contributed by atoms with E-state index in [1.165, 1.54) is 24.7 Å². The quantitative estimate of drug-likeness (QED) is 0.775. The number of hydrogen-bond acceptors (Lipinski definition) is 8. The molecule has 2 aliphatic heterocycles. The molecule has 8 nitrogen and oxygen atoms in total. The van der Waals surface area contributed by atoms with Crippen LogP contribution < -0.4 is 0 Å². The maximum absolute atomic E-state index is 11.9. The van der Waals surface area contributed by atoms with Gasteiger partial charge in [-0.05, 0) is 24.3 Å². The molecule has 8 heteroatoms. The molecule has 4 rings (SSSR count). The molecular formula is C16H14O8. The van der Waals surface area contributed by atoms with Crippen LogP contribution in [-0.4, -0.2) is 49.6 Å². The molecular weight excluding hydrogens is 320 g/mol. The van der Waals surface area contributed by atoms with Gasteiger partial charge in [-0.15, -0.1) is 0 Å². The van der Waals surface area contributed by atoms with Crippen LogP contribution in [0.25, 0.3) is 0 Å². The summed E-state index contributed by atoms with van der Waals surface area (Å²) in [5.41, 5.74) is 0. The lowest BCUT2D eigenvalue weighted by Gasteiger charge is -2.16. The summed E-state index contributed by atoms with van der Waals surface area (Å²) in [6.45, 7) is 0.327. The van der Waals surface area contributed by atoms with Crippen LogP contribution in [0.5, 0.6) is 0 Å². The number of carbonyl (C=O) groups is 2. The first-order valence-corrected chi connectivity index (χ1v) is 7.44. The minimum absolute atomic E-state index is 0.109. The van der Waals surface area contributed by atoms with Gasteiger partial charge in [0.05, 0.1) is 25.7 Å². The Morgan fingerprint density at radius 3 is 1.67 bits per heavy atom. The monoisotopic (exact) mass is 334 g/mol. The predicted octanol–water partition coefficient (Wildman–Crippen LogP) is 1.42. The first-order valence-electron chi connectivity index (χ1n) is 7.44. The topological polar surface area (TPSA) is 97.3 Å². The zero-order chi connectivity index (χ0) is 16.5. The fourth-order valence-corrected chi connectivity index (χ4v) is 2.81. The Morgan fingerprint density at radius 2 is 1.29 bits per heavy atom. The van der Waals surface area contributed by atoms with Crippen molar-refractivity contribution in [2.24, 2.45) is 0 Å². The summed E-state index contributed by atoms with van der Waals surface area (Å²) in [5.74, 6) is -0.961. The highest BCUT2D eigenvalue weighted by Crippen LogP contribution is 2.31. The Balaban J connectivity index is 1.37. The lowest BCUT2D eigenvalue weighted by Crippen LogP contribution is -2.35. The van der Waals surface area contributed by atoms with Crippen LogP contribution in [-0.2, 0) is 18.9 Å². The van der Waals surface area contributed by atoms with E-state index < -0.39 is 36.4 Å². The van der Waals surface area contributed by atoms with Gasteiger partial charge in [0, 0.05) is 0 Å². The van der Waals surface area contributed by atoms with E-state index in [4.69, 9.17) is 27.8 Å². The number of esters is 2. The molecule has 0 N–H and O–H groups in total. The molecule has 24 heavy (non-hydrogen) atoms. The standard InChI is InChI=1S/C16H14O8/c17-15(9-3-1-5-19-9)23-11-7-21-14-12(8-22-13(11)14)24-16(18)10-4-2-6-20-10/h1-6,11-14H,7-8H2/t11-,12+,13+,14-. The Labute approximate surface area is 136 Å². The van der Waals surface area contributed by atoms with E-state index in [2.05, 4.69) is 0 Å². The van der Waals surface area contributed by atoms with Gasteiger partial charge in [-0.3, -0.25) is 0 Å². The minimum atomic E-state index is -0.589. The van der Waals surface area contributed by atoms with E-state index in [9.17, 15) is 9.59 Å². The van der Waals surface area contributed by atoms with Crippen molar-refractivity contribution in [1.29, 1.82) is 0 Å². The van der Waals surface area contributed by atoms with Crippen molar-refractivity contribution >= 4 is 11.9 Å². The van der Waals surface area contributed by atoms with Crippen LogP contribution in [0.3, 0.4) is 0 Å². The molecule has 4 heterocycles. The average molecular weight is 334 g/mol. The number of rotatable bonds is 4. The van der Waals surface area contributed by atoms with Gasteiger partial charge in [-0.1, -0.05) is 0 Å². The van der Waals surface area contributed by atoms with Crippen molar-refractivity contribution in [3.63, 3.8) is 0 Å². The second kappa shape index (κ2) is 6.14. The van der Waals surface area contributed by atoms with Gasteiger partial charge >= 0.3 is 11.9 Å². The molecule has 0 saturated carbocycles. The Morgan fingerprint density at radius 1 is 0.833 bits per heavy atom. The average Bonchev–Trinajstić information content (AvgIpc) is 3.36. The van der Waals surface area contributed by atoms with Crippen LogP contribution in [0.4, 0.5) is 0 Å². The smallest absolute Gasteiger partial charge is 0.374 e. The third-order valence-electron chi connectivity index (χ3n) is 3.92. The second-order valence-electron chi connectivity index (χ2n) is 5.44. The fraction of sp³-hybridized carbons (Fsp3) is 0.375. The summed E-state index contributed by atoms with van der Waals surface area (Å²) in [6, 6.07) is 6.22. The first-order chi connectivity index (χ1) is 11.7. The highest BCUT2D eigenvalue weighted by molar-refractivity contribution is 5.86. The summed E-state index contributed by atoms with van der Waals surface area (Å²) in [4.78, 5) is 23.9. The first kappa shape index (κ1) is 15.0. The summed E-state index contributed by atoms with van der Waals surface area (Å²) in [7, 11) is 0. The van der Waals surface area contributed by atoms with Crippen LogP contribution >= 0.6 is 0 Å². The third-order valence-corrected chi connectivity index (χ3v) is 3.92. The summed E-state index contributed by atoms with van der Waals surface area (Å²) >= 11 is 0. The number of hydrogen-bond donors (Lipinski definition) is 0. The number of fused-ring (bicyclic) bond motifs is 1. The van der Waals surface area contributed by atoms with E-state index in [0.717, 1.165) is 0 Å². The molecule has 0 aliphatic carbocycles. The van der Waals surface area contributed by atoms with Gasteiger partial charge in [0.15, 0.2) is 12.2 Å². The van der Waals surface area contributed by atoms with Crippen LogP contribution in [0.2, 0.25) is 0 Å². The molecule has 4 atom stereocenters. The summed E-state index contributed by atoms with van der Waals surface area (Å²) in [5, 5.41) is 0. The van der Waals surface area contributed by atoms with Gasteiger partial charge in [-0.25, -0.2) is 9.59 Å². The van der Waals surface area contributed by atoms with E-state index in [-0.39, 0.29) is 24.7 Å². The highest BCUT2D eigenvalue weighted by Gasteiger charge is 2.51. The minimum Gasteiger partial charge on any atom is -0.457 e. The van der Waals surface area contributed by atoms with Crippen molar-refractivity contribution in [3.8, 4) is 0 Å².